The number of thiophene rings is 1. The van der Waals surface area contributed by atoms with Crippen LogP contribution in [-0.2, 0) is 19.2 Å². The number of hydrogen-bond donors (Lipinski definition) is 3. The largest absolute Gasteiger partial charge is 0.347 e. The fraction of sp³-hybridized carbons (Fsp3) is 0.429. The summed E-state index contributed by atoms with van der Waals surface area (Å²) in [6.07, 6.45) is 0. The lowest BCUT2D eigenvalue weighted by Crippen LogP contribution is -2.45. The molecule has 23 heavy (non-hydrogen) atoms. The summed E-state index contributed by atoms with van der Waals surface area (Å²) in [6.45, 7) is -0.485. The van der Waals surface area contributed by atoms with Crippen molar-refractivity contribution in [2.75, 3.05) is 34.2 Å². The molecule has 3 amide bonds. The van der Waals surface area contributed by atoms with Crippen LogP contribution in [0.15, 0.2) is 17.5 Å². The SMILES string of the molecule is CNCC(=O)C(=O)NCC(=O)NC(C(=O)N(C)C)c1cccs1. The number of hydrogen-bond acceptors (Lipinski definition) is 6. The van der Waals surface area contributed by atoms with Crippen LogP contribution in [0.2, 0.25) is 0 Å². The monoisotopic (exact) mass is 340 g/mol. The van der Waals surface area contributed by atoms with Gasteiger partial charge in [-0.1, -0.05) is 6.07 Å². The Morgan fingerprint density at radius 3 is 2.43 bits per heavy atom. The number of nitrogens with zero attached hydrogens (tertiary/aromatic N) is 1. The number of Topliss-reactive ketones (excluding diaryl/α,β-unsaturated/α-hetero) is 1. The summed E-state index contributed by atoms with van der Waals surface area (Å²) in [7, 11) is 4.72. The molecule has 1 atom stereocenters. The summed E-state index contributed by atoms with van der Waals surface area (Å²) in [6, 6.07) is 2.70. The van der Waals surface area contributed by atoms with Crippen molar-refractivity contribution < 1.29 is 19.2 Å². The Labute approximate surface area is 138 Å². The fourth-order valence-electron chi connectivity index (χ4n) is 1.68. The van der Waals surface area contributed by atoms with Gasteiger partial charge in [0.15, 0.2) is 0 Å². The maximum Gasteiger partial charge on any atom is 0.289 e. The number of amides is 3. The molecule has 9 heteroatoms. The van der Waals surface area contributed by atoms with Crippen molar-refractivity contribution in [2.24, 2.45) is 0 Å². The summed E-state index contributed by atoms with van der Waals surface area (Å²) in [5.41, 5.74) is 0. The number of ketones is 1. The second-order valence-electron chi connectivity index (χ2n) is 4.88. The fourth-order valence-corrected chi connectivity index (χ4v) is 2.45. The van der Waals surface area contributed by atoms with Gasteiger partial charge in [0.1, 0.15) is 6.04 Å². The van der Waals surface area contributed by atoms with Crippen LogP contribution in [0.25, 0.3) is 0 Å². The van der Waals surface area contributed by atoms with Crippen molar-refractivity contribution in [3.8, 4) is 0 Å². The van der Waals surface area contributed by atoms with E-state index in [4.69, 9.17) is 0 Å². The van der Waals surface area contributed by atoms with E-state index in [1.54, 1.807) is 31.6 Å². The molecule has 0 aliphatic carbocycles. The van der Waals surface area contributed by atoms with E-state index in [1.165, 1.54) is 23.3 Å². The van der Waals surface area contributed by atoms with E-state index in [1.807, 2.05) is 0 Å². The zero-order chi connectivity index (χ0) is 17.4. The van der Waals surface area contributed by atoms with Crippen molar-refractivity contribution >= 4 is 34.8 Å². The van der Waals surface area contributed by atoms with Crippen LogP contribution in [0.3, 0.4) is 0 Å². The predicted octanol–water partition coefficient (Wildman–Crippen LogP) is -1.10. The molecular formula is C14H20N4O4S. The number of nitrogens with one attached hydrogen (secondary N) is 3. The second kappa shape index (κ2) is 9.01. The molecule has 1 aromatic rings. The van der Waals surface area contributed by atoms with Crippen molar-refractivity contribution in [3.05, 3.63) is 22.4 Å². The Balaban J connectivity index is 2.63. The lowest BCUT2D eigenvalue weighted by molar-refractivity contribution is -0.138. The lowest BCUT2D eigenvalue weighted by atomic mass is 10.2. The first-order valence-corrected chi connectivity index (χ1v) is 7.74. The number of likely N-dealkylation sites (N-methyl/N-ethyl adjacent to an activating group) is 2. The summed E-state index contributed by atoms with van der Waals surface area (Å²) in [5, 5.41) is 9.14. The molecule has 0 aromatic carbocycles. The van der Waals surface area contributed by atoms with Gasteiger partial charge < -0.3 is 20.9 Å². The highest BCUT2D eigenvalue weighted by Gasteiger charge is 2.25. The molecule has 1 aromatic heterocycles. The highest BCUT2D eigenvalue weighted by molar-refractivity contribution is 7.10. The third-order valence-electron chi connectivity index (χ3n) is 2.82. The van der Waals surface area contributed by atoms with E-state index in [0.29, 0.717) is 4.88 Å². The van der Waals surface area contributed by atoms with E-state index in [-0.39, 0.29) is 19.0 Å². The normalized spacial score (nSPS) is 11.4. The minimum absolute atomic E-state index is 0.107. The molecule has 0 aliphatic rings. The third-order valence-corrected chi connectivity index (χ3v) is 3.76. The smallest absolute Gasteiger partial charge is 0.289 e. The maximum atomic E-state index is 12.2. The molecule has 1 unspecified atom stereocenters. The zero-order valence-corrected chi connectivity index (χ0v) is 14.0. The second-order valence-corrected chi connectivity index (χ2v) is 5.86. The van der Waals surface area contributed by atoms with E-state index in [0.717, 1.165) is 0 Å². The van der Waals surface area contributed by atoms with Crippen LogP contribution in [-0.4, -0.2) is 62.6 Å². The van der Waals surface area contributed by atoms with Crippen LogP contribution in [0.5, 0.6) is 0 Å². The van der Waals surface area contributed by atoms with Gasteiger partial charge in [0.05, 0.1) is 13.1 Å². The summed E-state index contributed by atoms with van der Waals surface area (Å²) < 4.78 is 0. The quantitative estimate of drug-likeness (QED) is 0.521. The van der Waals surface area contributed by atoms with E-state index in [9.17, 15) is 19.2 Å². The third kappa shape index (κ3) is 5.80. The van der Waals surface area contributed by atoms with Crippen LogP contribution in [0.1, 0.15) is 10.9 Å². The van der Waals surface area contributed by atoms with Crippen molar-refractivity contribution in [2.45, 2.75) is 6.04 Å². The maximum absolute atomic E-state index is 12.2. The van der Waals surface area contributed by atoms with Gasteiger partial charge in [-0.2, -0.15) is 0 Å². The van der Waals surface area contributed by atoms with Crippen LogP contribution >= 0.6 is 11.3 Å². The summed E-state index contributed by atoms with van der Waals surface area (Å²) in [5.74, 6) is -2.34. The molecule has 0 saturated heterocycles. The van der Waals surface area contributed by atoms with Gasteiger partial charge >= 0.3 is 0 Å². The Morgan fingerprint density at radius 1 is 1.22 bits per heavy atom. The van der Waals surface area contributed by atoms with Gasteiger partial charge in [-0.3, -0.25) is 19.2 Å². The lowest BCUT2D eigenvalue weighted by Gasteiger charge is -2.20. The number of carbonyl (C=O) groups excluding carboxylic acids is 4. The topological polar surface area (TPSA) is 108 Å². The van der Waals surface area contributed by atoms with Gasteiger partial charge in [0, 0.05) is 19.0 Å². The number of carbonyl (C=O) groups is 4. The van der Waals surface area contributed by atoms with Crippen molar-refractivity contribution in [1.29, 1.82) is 0 Å². The Morgan fingerprint density at radius 2 is 1.91 bits per heavy atom. The Kier molecular flexibility index (Phi) is 7.36. The molecular weight excluding hydrogens is 320 g/mol. The van der Waals surface area contributed by atoms with Crippen LogP contribution in [0, 0.1) is 0 Å². The molecule has 0 bridgehead atoms. The van der Waals surface area contributed by atoms with Crippen LogP contribution in [0.4, 0.5) is 0 Å². The van der Waals surface area contributed by atoms with Gasteiger partial charge in [0.25, 0.3) is 5.91 Å². The van der Waals surface area contributed by atoms with Gasteiger partial charge in [-0.05, 0) is 18.5 Å². The molecule has 1 rings (SSSR count). The van der Waals surface area contributed by atoms with Gasteiger partial charge in [-0.15, -0.1) is 11.3 Å². The molecule has 1 heterocycles. The molecule has 0 radical (unpaired) electrons. The standard InChI is InChI=1S/C14H20N4O4S/c1-15-7-9(19)13(21)16-8-11(20)17-12(14(22)18(2)3)10-5-4-6-23-10/h4-6,12,15H,7-8H2,1-3H3,(H,16,21)(H,17,20). The van der Waals surface area contributed by atoms with Gasteiger partial charge in [0.2, 0.25) is 17.6 Å². The highest BCUT2D eigenvalue weighted by Crippen LogP contribution is 2.20. The molecule has 8 nitrogen and oxygen atoms in total. The molecule has 3 N–H and O–H groups in total. The van der Waals surface area contributed by atoms with Gasteiger partial charge in [-0.25, -0.2) is 0 Å². The Bertz CT molecular complexity index is 571. The first-order chi connectivity index (χ1) is 10.9. The molecule has 0 aliphatic heterocycles. The van der Waals surface area contributed by atoms with Crippen molar-refractivity contribution in [3.63, 3.8) is 0 Å². The predicted molar refractivity (Wildman–Crippen MR) is 85.8 cm³/mol. The first-order valence-electron chi connectivity index (χ1n) is 6.86. The molecule has 0 spiro atoms. The minimum Gasteiger partial charge on any atom is -0.347 e. The highest BCUT2D eigenvalue weighted by atomic mass is 32.1. The van der Waals surface area contributed by atoms with Crippen molar-refractivity contribution in [1.82, 2.24) is 20.9 Å². The van der Waals surface area contributed by atoms with E-state index >= 15 is 0 Å². The van der Waals surface area contributed by atoms with E-state index in [2.05, 4.69) is 16.0 Å². The molecule has 0 saturated carbocycles. The average molecular weight is 340 g/mol. The minimum atomic E-state index is -0.846. The van der Waals surface area contributed by atoms with E-state index < -0.39 is 23.6 Å². The van der Waals surface area contributed by atoms with Crippen LogP contribution < -0.4 is 16.0 Å². The summed E-state index contributed by atoms with van der Waals surface area (Å²) >= 11 is 1.34. The summed E-state index contributed by atoms with van der Waals surface area (Å²) in [4.78, 5) is 48.9. The first kappa shape index (κ1) is 18.8. The number of rotatable bonds is 8. The molecule has 0 fully saturated rings. The average Bonchev–Trinajstić information content (AvgIpc) is 3.03. The Hall–Kier alpha value is -2.26. The zero-order valence-electron chi connectivity index (χ0n) is 13.2. The molecule has 126 valence electrons.